The van der Waals surface area contributed by atoms with Gasteiger partial charge in [0.2, 0.25) is 0 Å². The monoisotopic (exact) mass is 250 g/mol. The third-order valence-electron chi connectivity index (χ3n) is 2.67. The van der Waals surface area contributed by atoms with Gasteiger partial charge in [0, 0.05) is 4.88 Å². The Kier molecular flexibility index (Phi) is 3.54. The highest BCUT2D eigenvalue weighted by atomic mass is 32.1. The molecule has 0 radical (unpaired) electrons. The Balaban J connectivity index is 2.43. The Morgan fingerprint density at radius 3 is 2.65 bits per heavy atom. The van der Waals surface area contributed by atoms with Crippen LogP contribution in [0.15, 0.2) is 24.3 Å². The van der Waals surface area contributed by atoms with Crippen LogP contribution in [0.3, 0.4) is 0 Å². The number of rotatable bonds is 3. The number of benzene rings is 1. The summed E-state index contributed by atoms with van der Waals surface area (Å²) in [6.07, 6.45) is 0. The van der Waals surface area contributed by atoms with E-state index in [9.17, 15) is 4.39 Å². The molecule has 0 aliphatic carbocycles. The van der Waals surface area contributed by atoms with Gasteiger partial charge in [0.25, 0.3) is 0 Å². The van der Waals surface area contributed by atoms with Crippen molar-refractivity contribution in [2.24, 2.45) is 0 Å². The van der Waals surface area contributed by atoms with Crippen LogP contribution < -0.4 is 5.32 Å². The maximum absolute atomic E-state index is 13.2. The van der Waals surface area contributed by atoms with Gasteiger partial charge < -0.3 is 5.32 Å². The third kappa shape index (κ3) is 2.53. The molecule has 1 aromatic heterocycles. The zero-order chi connectivity index (χ0) is 12.4. The topological polar surface area (TPSA) is 24.9 Å². The van der Waals surface area contributed by atoms with Gasteiger partial charge in [-0.3, -0.25) is 0 Å². The number of aryl methyl sites for hydroxylation is 2. The summed E-state index contributed by atoms with van der Waals surface area (Å²) in [5.74, 6) is -0.207. The van der Waals surface area contributed by atoms with Crippen molar-refractivity contribution in [1.29, 1.82) is 0 Å². The number of aromatic nitrogens is 1. The van der Waals surface area contributed by atoms with Gasteiger partial charge in [0.05, 0.1) is 16.7 Å². The van der Waals surface area contributed by atoms with Crippen LogP contribution in [0.5, 0.6) is 0 Å². The second-order valence-electron chi connectivity index (χ2n) is 3.96. The maximum atomic E-state index is 13.2. The van der Waals surface area contributed by atoms with E-state index in [2.05, 4.69) is 10.3 Å². The fourth-order valence-corrected chi connectivity index (χ4v) is 3.02. The highest BCUT2D eigenvalue weighted by molar-refractivity contribution is 7.11. The molecular weight excluding hydrogens is 235 g/mol. The van der Waals surface area contributed by atoms with Gasteiger partial charge in [0.15, 0.2) is 0 Å². The number of thiazole rings is 1. The van der Waals surface area contributed by atoms with Crippen LogP contribution in [0.4, 0.5) is 4.39 Å². The zero-order valence-electron chi connectivity index (χ0n) is 10.1. The number of hydrogen-bond donors (Lipinski definition) is 1. The standard InChI is InChI=1S/C13H15FN2S/c1-8-13(17-9(2)16-8)12(15-3)10-5-4-6-11(14)7-10/h4-7,12,15H,1-3H3. The predicted molar refractivity (Wildman–Crippen MR) is 68.9 cm³/mol. The molecule has 4 heteroatoms. The number of nitrogens with zero attached hydrogens (tertiary/aromatic N) is 1. The average molecular weight is 250 g/mol. The van der Waals surface area contributed by atoms with E-state index in [4.69, 9.17) is 0 Å². The lowest BCUT2D eigenvalue weighted by atomic mass is 10.0. The lowest BCUT2D eigenvalue weighted by molar-refractivity contribution is 0.617. The molecule has 0 saturated heterocycles. The Hall–Kier alpha value is -1.26. The van der Waals surface area contributed by atoms with E-state index < -0.39 is 0 Å². The van der Waals surface area contributed by atoms with Crippen molar-refractivity contribution >= 4 is 11.3 Å². The summed E-state index contributed by atoms with van der Waals surface area (Å²) in [5, 5.41) is 4.26. The molecule has 0 amide bonds. The van der Waals surface area contributed by atoms with Gasteiger partial charge in [-0.15, -0.1) is 11.3 Å². The first-order chi connectivity index (χ1) is 8.11. The van der Waals surface area contributed by atoms with Crippen LogP contribution in [0.25, 0.3) is 0 Å². The second kappa shape index (κ2) is 4.94. The molecule has 1 unspecified atom stereocenters. The van der Waals surface area contributed by atoms with Gasteiger partial charge in [-0.05, 0) is 38.6 Å². The lowest BCUT2D eigenvalue weighted by Gasteiger charge is -2.15. The summed E-state index contributed by atoms with van der Waals surface area (Å²) in [7, 11) is 1.88. The lowest BCUT2D eigenvalue weighted by Crippen LogP contribution is -2.17. The predicted octanol–water partition coefficient (Wildman–Crippen LogP) is 3.21. The molecule has 0 fully saturated rings. The molecule has 1 aromatic carbocycles. The molecule has 2 aromatic rings. The maximum Gasteiger partial charge on any atom is 0.123 e. The first kappa shape index (κ1) is 12.2. The molecule has 0 aliphatic rings. The first-order valence-electron chi connectivity index (χ1n) is 5.48. The van der Waals surface area contributed by atoms with Crippen molar-refractivity contribution in [3.8, 4) is 0 Å². The number of halogens is 1. The zero-order valence-corrected chi connectivity index (χ0v) is 10.9. The van der Waals surface area contributed by atoms with E-state index >= 15 is 0 Å². The minimum Gasteiger partial charge on any atom is -0.309 e. The second-order valence-corrected chi connectivity index (χ2v) is 5.19. The molecule has 1 heterocycles. The number of nitrogens with one attached hydrogen (secondary N) is 1. The highest BCUT2D eigenvalue weighted by Crippen LogP contribution is 2.29. The highest BCUT2D eigenvalue weighted by Gasteiger charge is 2.18. The van der Waals surface area contributed by atoms with Crippen molar-refractivity contribution in [3.05, 3.63) is 51.2 Å². The molecule has 90 valence electrons. The smallest absolute Gasteiger partial charge is 0.123 e. The SMILES string of the molecule is CNC(c1cccc(F)c1)c1sc(C)nc1C. The molecule has 0 saturated carbocycles. The Labute approximate surface area is 105 Å². The molecule has 1 N–H and O–H groups in total. The van der Waals surface area contributed by atoms with Crippen LogP contribution in [-0.4, -0.2) is 12.0 Å². The van der Waals surface area contributed by atoms with E-state index in [1.165, 1.54) is 6.07 Å². The van der Waals surface area contributed by atoms with Crippen LogP contribution in [0, 0.1) is 19.7 Å². The largest absolute Gasteiger partial charge is 0.309 e. The molecule has 0 bridgehead atoms. The van der Waals surface area contributed by atoms with Gasteiger partial charge >= 0.3 is 0 Å². The van der Waals surface area contributed by atoms with Crippen molar-refractivity contribution in [3.63, 3.8) is 0 Å². The molecule has 2 nitrogen and oxygen atoms in total. The van der Waals surface area contributed by atoms with Gasteiger partial charge in [0.1, 0.15) is 5.82 Å². The summed E-state index contributed by atoms with van der Waals surface area (Å²) in [6.45, 7) is 3.97. The summed E-state index contributed by atoms with van der Waals surface area (Å²) in [5.41, 5.74) is 1.94. The van der Waals surface area contributed by atoms with E-state index in [0.29, 0.717) is 0 Å². The summed E-state index contributed by atoms with van der Waals surface area (Å²) in [6, 6.07) is 6.70. The molecule has 0 aliphatic heterocycles. The fourth-order valence-electron chi connectivity index (χ4n) is 1.95. The molecule has 2 rings (SSSR count). The van der Waals surface area contributed by atoms with Gasteiger partial charge in [-0.25, -0.2) is 9.37 Å². The molecule has 0 spiro atoms. The van der Waals surface area contributed by atoms with Crippen LogP contribution in [0.1, 0.15) is 27.2 Å². The molecular formula is C13H15FN2S. The van der Waals surface area contributed by atoms with Crippen molar-refractivity contribution in [2.75, 3.05) is 7.05 Å². The Bertz CT molecular complexity index is 522. The summed E-state index contributed by atoms with van der Waals surface area (Å²) < 4.78 is 13.2. The average Bonchev–Trinajstić information content (AvgIpc) is 2.59. The van der Waals surface area contributed by atoms with E-state index in [-0.39, 0.29) is 11.9 Å². The minimum absolute atomic E-state index is 0.0110. The normalized spacial score (nSPS) is 12.7. The molecule has 1 atom stereocenters. The van der Waals surface area contributed by atoms with Crippen LogP contribution >= 0.6 is 11.3 Å². The van der Waals surface area contributed by atoms with Crippen molar-refractivity contribution < 1.29 is 4.39 Å². The minimum atomic E-state index is -0.207. The van der Waals surface area contributed by atoms with Gasteiger partial charge in [-0.1, -0.05) is 12.1 Å². The van der Waals surface area contributed by atoms with Gasteiger partial charge in [-0.2, -0.15) is 0 Å². The van der Waals surface area contributed by atoms with E-state index in [1.54, 1.807) is 23.5 Å². The quantitative estimate of drug-likeness (QED) is 0.904. The van der Waals surface area contributed by atoms with E-state index in [1.807, 2.05) is 27.0 Å². The summed E-state index contributed by atoms with van der Waals surface area (Å²) >= 11 is 1.65. The Morgan fingerprint density at radius 1 is 1.35 bits per heavy atom. The Morgan fingerprint density at radius 2 is 2.12 bits per heavy atom. The number of hydrogen-bond acceptors (Lipinski definition) is 3. The third-order valence-corrected chi connectivity index (χ3v) is 3.81. The summed E-state index contributed by atoms with van der Waals surface area (Å²) in [4.78, 5) is 5.56. The van der Waals surface area contributed by atoms with Crippen molar-refractivity contribution in [2.45, 2.75) is 19.9 Å². The first-order valence-corrected chi connectivity index (χ1v) is 6.30. The molecule has 17 heavy (non-hydrogen) atoms. The van der Waals surface area contributed by atoms with Crippen LogP contribution in [0.2, 0.25) is 0 Å². The van der Waals surface area contributed by atoms with Crippen LogP contribution in [-0.2, 0) is 0 Å². The fraction of sp³-hybridized carbons (Fsp3) is 0.308. The van der Waals surface area contributed by atoms with Crippen molar-refractivity contribution in [1.82, 2.24) is 10.3 Å². The van der Waals surface area contributed by atoms with E-state index in [0.717, 1.165) is 21.1 Å².